The summed E-state index contributed by atoms with van der Waals surface area (Å²) in [6.07, 6.45) is 3.17. The molecule has 1 fully saturated rings. The molecule has 3 aromatic rings. The molecule has 5 rings (SSSR count). The highest BCUT2D eigenvalue weighted by atomic mass is 16.7. The Morgan fingerprint density at radius 1 is 1.09 bits per heavy atom. The summed E-state index contributed by atoms with van der Waals surface area (Å²) in [6, 6.07) is 14.2. The second-order valence-corrected chi connectivity index (χ2v) is 7.22. The van der Waals surface area contributed by atoms with Crippen LogP contribution in [0.25, 0.3) is 5.76 Å². The van der Waals surface area contributed by atoms with Crippen molar-refractivity contribution >= 4 is 23.1 Å². The molecule has 0 spiro atoms. The van der Waals surface area contributed by atoms with Gasteiger partial charge in [-0.1, -0.05) is 6.07 Å². The lowest BCUT2D eigenvalue weighted by Crippen LogP contribution is -2.29. The van der Waals surface area contributed by atoms with Crippen LogP contribution in [0.3, 0.4) is 0 Å². The number of aromatic nitrogens is 1. The Labute approximate surface area is 183 Å². The number of benzene rings is 2. The van der Waals surface area contributed by atoms with E-state index >= 15 is 0 Å². The average Bonchev–Trinajstić information content (AvgIpc) is 3.41. The van der Waals surface area contributed by atoms with Gasteiger partial charge in [-0.25, -0.2) is 0 Å². The number of Topliss-reactive ketones (excluding diaryl/α,β-unsaturated/α-hetero) is 1. The molecule has 0 aliphatic carbocycles. The molecule has 0 radical (unpaired) electrons. The van der Waals surface area contributed by atoms with Crippen molar-refractivity contribution in [3.63, 3.8) is 0 Å². The molecule has 8 nitrogen and oxygen atoms in total. The van der Waals surface area contributed by atoms with E-state index in [1.807, 2.05) is 0 Å². The highest BCUT2D eigenvalue weighted by molar-refractivity contribution is 6.51. The van der Waals surface area contributed by atoms with Gasteiger partial charge in [0.2, 0.25) is 6.79 Å². The lowest BCUT2D eigenvalue weighted by atomic mass is 9.96. The first-order chi connectivity index (χ1) is 15.6. The number of hydrogen-bond donors (Lipinski definition) is 1. The maximum Gasteiger partial charge on any atom is 0.300 e. The number of hydrogen-bond acceptors (Lipinski definition) is 7. The summed E-state index contributed by atoms with van der Waals surface area (Å²) >= 11 is 0. The number of ketones is 1. The average molecular weight is 430 g/mol. The normalized spacial score (nSPS) is 18.8. The van der Waals surface area contributed by atoms with Crippen LogP contribution in [-0.2, 0) is 9.59 Å². The molecule has 0 saturated carbocycles. The van der Waals surface area contributed by atoms with E-state index in [-0.39, 0.29) is 18.1 Å². The number of aliphatic hydroxyl groups excluding tert-OH is 1. The third-order valence-electron chi connectivity index (χ3n) is 5.44. The number of methoxy groups -OCH3 is 1. The lowest BCUT2D eigenvalue weighted by Gasteiger charge is -2.25. The third kappa shape index (κ3) is 3.13. The molecular weight excluding hydrogens is 412 g/mol. The first-order valence-corrected chi connectivity index (χ1v) is 9.83. The minimum absolute atomic E-state index is 0.0299. The maximum absolute atomic E-state index is 13.1. The largest absolute Gasteiger partial charge is 0.507 e. The Bertz CT molecular complexity index is 1240. The summed E-state index contributed by atoms with van der Waals surface area (Å²) in [5.41, 5.74) is 1.39. The topological polar surface area (TPSA) is 98.2 Å². The summed E-state index contributed by atoms with van der Waals surface area (Å²) in [6.45, 7) is 0.0805. The van der Waals surface area contributed by atoms with Gasteiger partial charge in [0.25, 0.3) is 11.7 Å². The van der Waals surface area contributed by atoms with Crippen LogP contribution in [0.5, 0.6) is 17.2 Å². The smallest absolute Gasteiger partial charge is 0.300 e. The van der Waals surface area contributed by atoms with E-state index in [0.29, 0.717) is 34.1 Å². The number of ether oxygens (including phenoxy) is 3. The van der Waals surface area contributed by atoms with Crippen LogP contribution in [0.15, 0.2) is 72.6 Å². The van der Waals surface area contributed by atoms with Crippen LogP contribution in [-0.4, -0.2) is 35.7 Å². The van der Waals surface area contributed by atoms with Crippen LogP contribution in [0.1, 0.15) is 17.2 Å². The molecule has 3 heterocycles. The SMILES string of the molecule is COc1ccc(N2C(=O)C(=O)/C(=C(\O)c3ccc4c(c3)OCO4)C2c2cccnc2)cc1. The summed E-state index contributed by atoms with van der Waals surface area (Å²) in [5, 5.41) is 11.2. The standard InChI is InChI=1S/C24H18N2O6/c1-30-17-7-5-16(6-8-17)26-21(15-3-2-10-25-12-15)20(23(28)24(26)29)22(27)14-4-9-18-19(11-14)32-13-31-18/h2-12,21,27H,13H2,1H3/b22-20-. The van der Waals surface area contributed by atoms with Gasteiger partial charge in [0.05, 0.1) is 18.7 Å². The zero-order valence-corrected chi connectivity index (χ0v) is 17.0. The molecule has 2 aromatic carbocycles. The molecule has 1 saturated heterocycles. The van der Waals surface area contributed by atoms with Crippen molar-refractivity contribution in [2.45, 2.75) is 6.04 Å². The monoisotopic (exact) mass is 430 g/mol. The summed E-state index contributed by atoms with van der Waals surface area (Å²) in [4.78, 5) is 31.7. The molecule has 8 heteroatoms. The van der Waals surface area contributed by atoms with Gasteiger partial charge in [0.1, 0.15) is 11.5 Å². The fraction of sp³-hybridized carbons (Fsp3) is 0.125. The van der Waals surface area contributed by atoms with E-state index in [9.17, 15) is 14.7 Å². The number of carbonyl (C=O) groups is 2. The van der Waals surface area contributed by atoms with Crippen LogP contribution < -0.4 is 19.1 Å². The van der Waals surface area contributed by atoms with Gasteiger partial charge >= 0.3 is 0 Å². The molecule has 1 atom stereocenters. The summed E-state index contributed by atoms with van der Waals surface area (Å²) in [7, 11) is 1.54. The number of carbonyl (C=O) groups excluding carboxylic acids is 2. The quantitative estimate of drug-likeness (QED) is 0.385. The van der Waals surface area contributed by atoms with Gasteiger partial charge in [0, 0.05) is 23.6 Å². The Balaban J connectivity index is 1.67. The molecule has 32 heavy (non-hydrogen) atoms. The van der Waals surface area contributed by atoms with Crippen molar-refractivity contribution in [3.05, 3.63) is 83.7 Å². The summed E-state index contributed by atoms with van der Waals surface area (Å²) in [5.74, 6) is -0.216. The number of fused-ring (bicyclic) bond motifs is 1. The minimum atomic E-state index is -0.859. The second kappa shape index (κ2) is 7.73. The number of aliphatic hydroxyl groups is 1. The van der Waals surface area contributed by atoms with E-state index < -0.39 is 17.7 Å². The van der Waals surface area contributed by atoms with E-state index in [2.05, 4.69) is 4.98 Å². The van der Waals surface area contributed by atoms with Crippen molar-refractivity contribution in [2.24, 2.45) is 0 Å². The van der Waals surface area contributed by atoms with Crippen LogP contribution >= 0.6 is 0 Å². The molecule has 1 unspecified atom stereocenters. The van der Waals surface area contributed by atoms with Crippen LogP contribution in [0, 0.1) is 0 Å². The molecule has 0 bridgehead atoms. The van der Waals surface area contributed by atoms with Gasteiger partial charge in [-0.05, 0) is 54.1 Å². The highest BCUT2D eigenvalue weighted by Crippen LogP contribution is 2.43. The number of nitrogens with zero attached hydrogens (tertiary/aromatic N) is 2. The number of amides is 1. The molecule has 2 aliphatic heterocycles. The Morgan fingerprint density at radius 2 is 1.88 bits per heavy atom. The number of pyridine rings is 1. The first kappa shape index (κ1) is 19.6. The fourth-order valence-electron chi connectivity index (χ4n) is 3.89. The Hall–Kier alpha value is -4.33. The predicted molar refractivity (Wildman–Crippen MR) is 115 cm³/mol. The molecular formula is C24H18N2O6. The predicted octanol–water partition coefficient (Wildman–Crippen LogP) is 3.45. The maximum atomic E-state index is 13.1. The van der Waals surface area contributed by atoms with E-state index in [1.165, 1.54) is 4.90 Å². The van der Waals surface area contributed by atoms with E-state index in [1.54, 1.807) is 74.1 Å². The van der Waals surface area contributed by atoms with Crippen molar-refractivity contribution in [1.29, 1.82) is 0 Å². The van der Waals surface area contributed by atoms with Gasteiger partial charge in [-0.2, -0.15) is 0 Å². The first-order valence-electron chi connectivity index (χ1n) is 9.83. The number of anilines is 1. The molecule has 1 N–H and O–H groups in total. The summed E-state index contributed by atoms with van der Waals surface area (Å²) < 4.78 is 15.9. The zero-order chi connectivity index (χ0) is 22.2. The Kier molecular flexibility index (Phi) is 4.74. The Morgan fingerprint density at radius 3 is 2.59 bits per heavy atom. The lowest BCUT2D eigenvalue weighted by molar-refractivity contribution is -0.132. The minimum Gasteiger partial charge on any atom is -0.507 e. The van der Waals surface area contributed by atoms with Crippen molar-refractivity contribution < 1.29 is 28.9 Å². The molecule has 160 valence electrons. The molecule has 1 amide bonds. The second-order valence-electron chi connectivity index (χ2n) is 7.22. The highest BCUT2D eigenvalue weighted by Gasteiger charge is 2.47. The van der Waals surface area contributed by atoms with Crippen molar-refractivity contribution in [1.82, 2.24) is 4.98 Å². The molecule has 1 aromatic heterocycles. The van der Waals surface area contributed by atoms with Gasteiger partial charge in [-0.15, -0.1) is 0 Å². The van der Waals surface area contributed by atoms with Crippen LogP contribution in [0.2, 0.25) is 0 Å². The zero-order valence-electron chi connectivity index (χ0n) is 17.0. The van der Waals surface area contributed by atoms with Gasteiger partial charge in [0.15, 0.2) is 11.5 Å². The van der Waals surface area contributed by atoms with Gasteiger partial charge < -0.3 is 19.3 Å². The number of rotatable bonds is 4. The molecule has 2 aliphatic rings. The van der Waals surface area contributed by atoms with Crippen molar-refractivity contribution in [2.75, 3.05) is 18.8 Å². The van der Waals surface area contributed by atoms with E-state index in [0.717, 1.165) is 0 Å². The van der Waals surface area contributed by atoms with Crippen molar-refractivity contribution in [3.8, 4) is 17.2 Å². The van der Waals surface area contributed by atoms with E-state index in [4.69, 9.17) is 14.2 Å². The fourth-order valence-corrected chi connectivity index (χ4v) is 3.89. The van der Waals surface area contributed by atoms with Gasteiger partial charge in [-0.3, -0.25) is 19.5 Å². The third-order valence-corrected chi connectivity index (χ3v) is 5.44. The van der Waals surface area contributed by atoms with Crippen LogP contribution in [0.4, 0.5) is 5.69 Å².